The third kappa shape index (κ3) is 0.529. The van der Waals surface area contributed by atoms with Gasteiger partial charge < -0.3 is 0 Å². The monoisotopic (exact) mass is 111 g/mol. The zero-order valence-corrected chi connectivity index (χ0v) is 4.16. The fourth-order valence-electron chi connectivity index (χ4n) is 0.450. The van der Waals surface area contributed by atoms with Gasteiger partial charge >= 0.3 is 0 Å². The highest BCUT2D eigenvalue weighted by atomic mass is 16.5. The van der Waals surface area contributed by atoms with Crippen molar-refractivity contribution in [3.8, 4) is 0 Å². The molecule has 8 heavy (non-hydrogen) atoms. The lowest BCUT2D eigenvalue weighted by molar-refractivity contribution is -0.148. The van der Waals surface area contributed by atoms with Crippen LogP contribution >= 0.6 is 0 Å². The number of hydrogen-bond donors (Lipinski definition) is 1. The maximum atomic E-state index is 10.3. The van der Waals surface area contributed by atoms with E-state index in [-0.39, 0.29) is 0 Å². The Kier molecular flexibility index (Phi) is 0.917. The molecule has 1 aliphatic heterocycles. The second-order valence-electron chi connectivity index (χ2n) is 1.47. The normalized spacial score (nSPS) is 18.4. The summed E-state index contributed by atoms with van der Waals surface area (Å²) >= 11 is 0. The average molecular weight is 111 g/mol. The number of nitrogens with zero attached hydrogens (tertiary/aromatic N) is 1. The summed E-state index contributed by atoms with van der Waals surface area (Å²) in [4.78, 5) is 10.3. The van der Waals surface area contributed by atoms with Gasteiger partial charge in [0.15, 0.2) is 0 Å². The maximum Gasteiger partial charge on any atom is 0.274 e. The van der Waals surface area contributed by atoms with Gasteiger partial charge in [-0.05, 0) is 6.08 Å². The fourth-order valence-corrected chi connectivity index (χ4v) is 0.450. The molecule has 0 atom stereocenters. The molecule has 0 spiro atoms. The van der Waals surface area contributed by atoms with Gasteiger partial charge in [-0.3, -0.25) is 10.0 Å². The van der Waals surface area contributed by atoms with E-state index in [0.29, 0.717) is 10.8 Å². The summed E-state index contributed by atoms with van der Waals surface area (Å²) in [6.45, 7) is 3.35. The van der Waals surface area contributed by atoms with E-state index in [1.165, 1.54) is 12.2 Å². The molecule has 1 rings (SSSR count). The van der Waals surface area contributed by atoms with E-state index in [2.05, 4.69) is 6.58 Å². The molecule has 0 aromatic heterocycles. The standard InChI is InChI=1S/C5H5NO2/c1-4-2-3-5(7)6(4)8/h2-3,8H,1H2. The van der Waals surface area contributed by atoms with Crippen LogP contribution in [0.5, 0.6) is 0 Å². The van der Waals surface area contributed by atoms with Crippen molar-refractivity contribution < 1.29 is 10.0 Å². The molecule has 3 heteroatoms. The van der Waals surface area contributed by atoms with Gasteiger partial charge in [0, 0.05) is 6.08 Å². The van der Waals surface area contributed by atoms with E-state index >= 15 is 0 Å². The summed E-state index contributed by atoms with van der Waals surface area (Å²) in [5.74, 6) is -0.435. The number of carbonyl (C=O) groups excluding carboxylic acids is 1. The molecule has 0 saturated heterocycles. The van der Waals surface area contributed by atoms with Gasteiger partial charge in [-0.15, -0.1) is 0 Å². The van der Waals surface area contributed by atoms with Crippen LogP contribution in [0.1, 0.15) is 0 Å². The van der Waals surface area contributed by atoms with Crippen molar-refractivity contribution in [3.05, 3.63) is 24.4 Å². The van der Waals surface area contributed by atoms with E-state index in [0.717, 1.165) is 0 Å². The summed E-state index contributed by atoms with van der Waals surface area (Å²) in [5.41, 5.74) is 0.315. The molecule has 0 fully saturated rings. The molecule has 3 nitrogen and oxygen atoms in total. The molecule has 0 radical (unpaired) electrons. The zero-order chi connectivity index (χ0) is 6.15. The van der Waals surface area contributed by atoms with Crippen LogP contribution in [0.2, 0.25) is 0 Å². The highest BCUT2D eigenvalue weighted by Crippen LogP contribution is 2.07. The Labute approximate surface area is 46.5 Å². The topological polar surface area (TPSA) is 40.5 Å². The van der Waals surface area contributed by atoms with Crippen molar-refractivity contribution in [2.24, 2.45) is 0 Å². The Morgan fingerprint density at radius 3 is 2.38 bits per heavy atom. The SMILES string of the molecule is C=C1C=CC(=O)N1O. The first-order valence-corrected chi connectivity index (χ1v) is 2.12. The molecule has 1 N–H and O–H groups in total. The lowest BCUT2D eigenvalue weighted by Crippen LogP contribution is -2.17. The molecular formula is C5H5NO2. The lowest BCUT2D eigenvalue weighted by atomic mass is 10.5. The van der Waals surface area contributed by atoms with Crippen molar-refractivity contribution >= 4 is 5.91 Å². The molecule has 42 valence electrons. The minimum Gasteiger partial charge on any atom is -0.281 e. The Hall–Kier alpha value is -1.09. The van der Waals surface area contributed by atoms with Crippen molar-refractivity contribution in [1.29, 1.82) is 0 Å². The van der Waals surface area contributed by atoms with Gasteiger partial charge in [0.1, 0.15) is 0 Å². The third-order valence-electron chi connectivity index (χ3n) is 0.899. The van der Waals surface area contributed by atoms with Crippen molar-refractivity contribution in [2.45, 2.75) is 0 Å². The zero-order valence-electron chi connectivity index (χ0n) is 4.16. The Morgan fingerprint density at radius 2 is 2.25 bits per heavy atom. The van der Waals surface area contributed by atoms with Crippen LogP contribution in [0.25, 0.3) is 0 Å². The summed E-state index contributed by atoms with van der Waals surface area (Å²) in [5, 5.41) is 9.09. The van der Waals surface area contributed by atoms with Gasteiger partial charge in [-0.2, -0.15) is 5.06 Å². The first-order chi connectivity index (χ1) is 3.72. The molecule has 0 aromatic carbocycles. The third-order valence-corrected chi connectivity index (χ3v) is 0.899. The van der Waals surface area contributed by atoms with Crippen LogP contribution in [0.15, 0.2) is 24.4 Å². The van der Waals surface area contributed by atoms with Crippen LogP contribution in [-0.2, 0) is 4.79 Å². The van der Waals surface area contributed by atoms with Crippen LogP contribution in [-0.4, -0.2) is 16.2 Å². The van der Waals surface area contributed by atoms with Crippen molar-refractivity contribution in [1.82, 2.24) is 5.06 Å². The number of amides is 1. The molecule has 1 amide bonds. The number of allylic oxidation sites excluding steroid dienone is 1. The maximum absolute atomic E-state index is 10.3. The van der Waals surface area contributed by atoms with E-state index in [1.807, 2.05) is 0 Å². The summed E-state index contributed by atoms with van der Waals surface area (Å²) < 4.78 is 0. The van der Waals surface area contributed by atoms with Crippen LogP contribution in [0, 0.1) is 0 Å². The van der Waals surface area contributed by atoms with Crippen molar-refractivity contribution in [3.63, 3.8) is 0 Å². The summed E-state index contributed by atoms with van der Waals surface area (Å²) in [6.07, 6.45) is 2.70. The second-order valence-corrected chi connectivity index (χ2v) is 1.47. The number of rotatable bonds is 0. The van der Waals surface area contributed by atoms with E-state index < -0.39 is 5.91 Å². The first-order valence-electron chi connectivity index (χ1n) is 2.12. The molecule has 1 aliphatic rings. The van der Waals surface area contributed by atoms with Gasteiger partial charge in [0.2, 0.25) is 0 Å². The molecule has 0 aliphatic carbocycles. The van der Waals surface area contributed by atoms with Gasteiger partial charge in [-0.1, -0.05) is 6.58 Å². The Bertz CT molecular complexity index is 153. The average Bonchev–Trinajstić information content (AvgIpc) is 1.98. The molecule has 0 aromatic rings. The summed E-state index contributed by atoms with van der Waals surface area (Å²) in [6, 6.07) is 0. The van der Waals surface area contributed by atoms with E-state index in [1.54, 1.807) is 0 Å². The summed E-state index contributed by atoms with van der Waals surface area (Å²) in [7, 11) is 0. The minimum atomic E-state index is -0.435. The van der Waals surface area contributed by atoms with Crippen LogP contribution in [0.4, 0.5) is 0 Å². The van der Waals surface area contributed by atoms with E-state index in [9.17, 15) is 4.79 Å². The fraction of sp³-hybridized carbons (Fsp3) is 0. The Morgan fingerprint density at radius 1 is 1.62 bits per heavy atom. The Balaban J connectivity index is 2.84. The molecule has 0 bridgehead atoms. The van der Waals surface area contributed by atoms with Crippen LogP contribution in [0.3, 0.4) is 0 Å². The molecule has 0 saturated carbocycles. The minimum absolute atomic E-state index is 0.315. The molecule has 0 unspecified atom stereocenters. The number of hydrogen-bond acceptors (Lipinski definition) is 2. The number of hydroxylamine groups is 2. The lowest BCUT2D eigenvalue weighted by Gasteiger charge is -2.04. The largest absolute Gasteiger partial charge is 0.281 e. The quantitative estimate of drug-likeness (QED) is 0.456. The highest BCUT2D eigenvalue weighted by molar-refractivity contribution is 5.91. The van der Waals surface area contributed by atoms with Crippen LogP contribution < -0.4 is 0 Å². The second kappa shape index (κ2) is 1.45. The molecular weight excluding hydrogens is 106 g/mol. The van der Waals surface area contributed by atoms with Crippen molar-refractivity contribution in [2.75, 3.05) is 0 Å². The van der Waals surface area contributed by atoms with E-state index in [4.69, 9.17) is 5.21 Å². The first kappa shape index (κ1) is 5.05. The van der Waals surface area contributed by atoms with Gasteiger partial charge in [0.25, 0.3) is 5.91 Å². The predicted molar refractivity (Wildman–Crippen MR) is 26.9 cm³/mol. The number of carbonyl (C=O) groups is 1. The smallest absolute Gasteiger partial charge is 0.274 e. The predicted octanol–water partition coefficient (Wildman–Crippen LogP) is 0.288. The molecule has 1 heterocycles. The highest BCUT2D eigenvalue weighted by Gasteiger charge is 2.14. The van der Waals surface area contributed by atoms with Gasteiger partial charge in [-0.25, -0.2) is 0 Å². The van der Waals surface area contributed by atoms with Gasteiger partial charge in [0.05, 0.1) is 5.70 Å².